The van der Waals surface area contributed by atoms with Crippen molar-refractivity contribution < 1.29 is 0 Å². The Kier molecular flexibility index (Phi) is 6.27. The van der Waals surface area contributed by atoms with E-state index in [0.29, 0.717) is 5.92 Å². The lowest BCUT2D eigenvalue weighted by molar-refractivity contribution is 0.760. The zero-order valence-electron chi connectivity index (χ0n) is 24.3. The van der Waals surface area contributed by atoms with Crippen molar-refractivity contribution in [2.75, 3.05) is 0 Å². The van der Waals surface area contributed by atoms with Gasteiger partial charge in [-0.3, -0.25) is 0 Å². The van der Waals surface area contributed by atoms with Crippen molar-refractivity contribution in [2.24, 2.45) is 5.92 Å². The Morgan fingerprint density at radius 3 is 1.16 bits per heavy atom. The second kappa shape index (κ2) is 10.6. The molecular formula is C43H32. The maximum Gasteiger partial charge on any atom is -0.000150 e. The summed E-state index contributed by atoms with van der Waals surface area (Å²) < 4.78 is 0. The monoisotopic (exact) mass is 548 g/mol. The van der Waals surface area contributed by atoms with E-state index in [4.69, 9.17) is 0 Å². The average molecular weight is 549 g/mol. The van der Waals surface area contributed by atoms with Gasteiger partial charge in [0.05, 0.1) is 0 Å². The zero-order valence-corrected chi connectivity index (χ0v) is 24.3. The van der Waals surface area contributed by atoms with E-state index in [1.165, 1.54) is 76.8 Å². The molecule has 7 aromatic rings. The van der Waals surface area contributed by atoms with Gasteiger partial charge in [0, 0.05) is 0 Å². The minimum Gasteiger partial charge on any atom is -0.0839 e. The van der Waals surface area contributed by atoms with Gasteiger partial charge in [0.15, 0.2) is 0 Å². The molecule has 0 bridgehead atoms. The van der Waals surface area contributed by atoms with E-state index in [1.807, 2.05) is 0 Å². The number of hydrogen-bond donors (Lipinski definition) is 0. The summed E-state index contributed by atoms with van der Waals surface area (Å²) in [5.41, 5.74) is 10.4. The van der Waals surface area contributed by atoms with Gasteiger partial charge < -0.3 is 0 Å². The van der Waals surface area contributed by atoms with Crippen LogP contribution >= 0.6 is 0 Å². The number of rotatable bonds is 4. The maximum absolute atomic E-state index is 2.38. The molecule has 1 aliphatic rings. The predicted molar refractivity (Wildman–Crippen MR) is 186 cm³/mol. The van der Waals surface area contributed by atoms with Gasteiger partial charge in [0.2, 0.25) is 0 Å². The van der Waals surface area contributed by atoms with Gasteiger partial charge in [0.25, 0.3) is 0 Å². The lowest BCUT2D eigenvalue weighted by Gasteiger charge is -2.28. The largest absolute Gasteiger partial charge is 0.0839 e. The van der Waals surface area contributed by atoms with Crippen LogP contribution in [0.4, 0.5) is 0 Å². The summed E-state index contributed by atoms with van der Waals surface area (Å²) in [6.07, 6.45) is 7.97. The van der Waals surface area contributed by atoms with Crippen LogP contribution in [0.2, 0.25) is 0 Å². The van der Waals surface area contributed by atoms with Crippen LogP contribution in [0.5, 0.6) is 0 Å². The molecule has 1 aliphatic carbocycles. The molecule has 0 radical (unpaired) electrons. The summed E-state index contributed by atoms with van der Waals surface area (Å²) in [5, 5.41) is 7.85. The van der Waals surface area contributed by atoms with E-state index in [2.05, 4.69) is 165 Å². The molecule has 0 spiro atoms. The Balaban J connectivity index is 1.76. The summed E-state index contributed by atoms with van der Waals surface area (Å²) in [6.45, 7) is 2.38. The molecule has 7 aromatic carbocycles. The number of fused-ring (bicyclic) bond motifs is 3. The van der Waals surface area contributed by atoms with Crippen LogP contribution in [0.15, 0.2) is 158 Å². The molecular weight excluding hydrogens is 516 g/mol. The Bertz CT molecular complexity index is 2140. The minimum absolute atomic E-state index is 0.412. The van der Waals surface area contributed by atoms with E-state index in [-0.39, 0.29) is 0 Å². The molecule has 1 atom stereocenters. The van der Waals surface area contributed by atoms with E-state index < -0.39 is 0 Å². The third-order valence-electron chi connectivity index (χ3n) is 9.09. The number of benzene rings is 7. The van der Waals surface area contributed by atoms with Gasteiger partial charge in [-0.1, -0.05) is 165 Å². The van der Waals surface area contributed by atoms with E-state index in [0.717, 1.165) is 6.42 Å². The molecule has 204 valence electrons. The van der Waals surface area contributed by atoms with Crippen molar-refractivity contribution in [3.05, 3.63) is 163 Å². The van der Waals surface area contributed by atoms with Crippen LogP contribution in [-0.4, -0.2) is 0 Å². The summed E-state index contributed by atoms with van der Waals surface area (Å²) in [4.78, 5) is 0. The van der Waals surface area contributed by atoms with Crippen molar-refractivity contribution in [3.8, 4) is 33.4 Å². The fraction of sp³-hybridized carbons (Fsp3) is 0.0698. The Morgan fingerprint density at radius 1 is 0.419 bits per heavy atom. The second-order valence-corrected chi connectivity index (χ2v) is 11.6. The molecule has 0 aliphatic heterocycles. The fourth-order valence-electron chi connectivity index (χ4n) is 7.22. The molecule has 8 rings (SSSR count). The topological polar surface area (TPSA) is 0 Å². The fourth-order valence-corrected chi connectivity index (χ4v) is 7.22. The summed E-state index contributed by atoms with van der Waals surface area (Å²) in [6, 6.07) is 51.1. The lowest BCUT2D eigenvalue weighted by Crippen LogP contribution is -2.05. The van der Waals surface area contributed by atoms with Crippen LogP contribution in [0, 0.1) is 5.92 Å². The third-order valence-corrected chi connectivity index (χ3v) is 9.09. The highest BCUT2D eigenvalue weighted by Gasteiger charge is 2.27. The predicted octanol–water partition coefficient (Wildman–Crippen LogP) is 12.1. The van der Waals surface area contributed by atoms with Crippen LogP contribution in [-0.2, 0) is 0 Å². The zero-order chi connectivity index (χ0) is 28.8. The second-order valence-electron chi connectivity index (χ2n) is 11.6. The Morgan fingerprint density at radius 2 is 0.767 bits per heavy atom. The van der Waals surface area contributed by atoms with Gasteiger partial charge in [0.1, 0.15) is 0 Å². The molecule has 1 unspecified atom stereocenters. The van der Waals surface area contributed by atoms with Crippen molar-refractivity contribution in [2.45, 2.75) is 13.3 Å². The van der Waals surface area contributed by atoms with Gasteiger partial charge in [-0.15, -0.1) is 0 Å². The van der Waals surface area contributed by atoms with Gasteiger partial charge in [-0.25, -0.2) is 0 Å². The highest BCUT2D eigenvalue weighted by molar-refractivity contribution is 6.32. The van der Waals surface area contributed by atoms with Gasteiger partial charge in [-0.05, 0) is 89.2 Å². The average Bonchev–Trinajstić information content (AvgIpc) is 3.08. The first-order valence-electron chi connectivity index (χ1n) is 15.3. The summed E-state index contributed by atoms with van der Waals surface area (Å²) in [7, 11) is 0. The van der Waals surface area contributed by atoms with Crippen molar-refractivity contribution >= 4 is 37.9 Å². The van der Waals surface area contributed by atoms with E-state index in [9.17, 15) is 0 Å². The highest BCUT2D eigenvalue weighted by atomic mass is 14.3. The molecule has 0 heterocycles. The molecule has 0 heteroatoms. The van der Waals surface area contributed by atoms with E-state index in [1.54, 1.807) is 0 Å². The van der Waals surface area contributed by atoms with Crippen LogP contribution in [0.1, 0.15) is 18.9 Å². The van der Waals surface area contributed by atoms with Crippen LogP contribution in [0.3, 0.4) is 0 Å². The lowest BCUT2D eigenvalue weighted by atomic mass is 9.75. The molecule has 0 N–H and O–H groups in total. The molecule has 0 aromatic heterocycles. The highest BCUT2D eigenvalue weighted by Crippen LogP contribution is 2.53. The first-order chi connectivity index (χ1) is 21.3. The summed E-state index contributed by atoms with van der Waals surface area (Å²) >= 11 is 0. The molecule has 0 fully saturated rings. The van der Waals surface area contributed by atoms with Crippen molar-refractivity contribution in [1.29, 1.82) is 0 Å². The van der Waals surface area contributed by atoms with Crippen molar-refractivity contribution in [3.63, 3.8) is 0 Å². The molecule has 0 saturated carbocycles. The molecule has 0 nitrogen and oxygen atoms in total. The molecule has 0 saturated heterocycles. The Labute approximate surface area is 253 Å². The quantitative estimate of drug-likeness (QED) is 0.192. The Hall–Kier alpha value is -5.20. The third kappa shape index (κ3) is 4.14. The number of allylic oxidation sites excluding steroid dienone is 4. The first kappa shape index (κ1) is 25.5. The maximum atomic E-state index is 2.38. The first-order valence-corrected chi connectivity index (χ1v) is 15.3. The van der Waals surface area contributed by atoms with E-state index >= 15 is 0 Å². The SMILES string of the molecule is CC1CC=CC=C1c1c2ccccc2c(-c2ccccc2)c2c(-c3ccccc3)c3ccccc3c(-c3ccccc3)c12. The van der Waals surface area contributed by atoms with Crippen LogP contribution in [0.25, 0.3) is 71.3 Å². The van der Waals surface area contributed by atoms with Crippen LogP contribution < -0.4 is 0 Å². The summed E-state index contributed by atoms with van der Waals surface area (Å²) in [5.74, 6) is 0.412. The number of hydrogen-bond acceptors (Lipinski definition) is 0. The molecule has 0 amide bonds. The smallest absolute Gasteiger partial charge is 0.000150 e. The van der Waals surface area contributed by atoms with Gasteiger partial charge >= 0.3 is 0 Å². The van der Waals surface area contributed by atoms with Crippen molar-refractivity contribution in [1.82, 2.24) is 0 Å². The molecule has 43 heavy (non-hydrogen) atoms. The normalized spacial score (nSPS) is 14.8. The minimum atomic E-state index is 0.412. The van der Waals surface area contributed by atoms with Gasteiger partial charge in [-0.2, -0.15) is 0 Å². The standard InChI is InChI=1S/C43H32/c1-29-17-11-12-24-33(29)41-37-28-16-15-27-36(37)39(31-20-7-3-8-21-31)42-38(30-18-5-2-6-19-30)34-25-13-14-26-35(34)40(43(41)42)32-22-9-4-10-23-32/h2-16,18-29H,17H2,1H3.